The molecule has 1 aliphatic heterocycles. The van der Waals surface area contributed by atoms with Gasteiger partial charge in [0.2, 0.25) is 0 Å². The number of hydrogen-bond acceptors (Lipinski definition) is 3. The molecule has 0 bridgehead atoms. The molecule has 0 aromatic carbocycles. The van der Waals surface area contributed by atoms with Gasteiger partial charge in [-0.2, -0.15) is 0 Å². The number of carbonyl (C=O) groups excluding carboxylic acids is 1. The molecule has 0 aliphatic carbocycles. The summed E-state index contributed by atoms with van der Waals surface area (Å²) in [7, 11) is 0. The van der Waals surface area contributed by atoms with Crippen molar-refractivity contribution in [2.45, 2.75) is 71.8 Å². The highest BCUT2D eigenvalue weighted by Gasteiger charge is 2.17. The quantitative estimate of drug-likeness (QED) is 0.226. The summed E-state index contributed by atoms with van der Waals surface area (Å²) in [5, 5.41) is 0. The Kier molecular flexibility index (Phi) is 10.8. The van der Waals surface area contributed by atoms with Crippen molar-refractivity contribution in [2.75, 3.05) is 19.6 Å². The molecule has 0 atom stereocenters. The molecule has 1 heterocycles. The normalized spacial score (nSPS) is 16.9. The molecule has 0 unspecified atom stereocenters. The zero-order valence-electron chi connectivity index (χ0n) is 15.1. The van der Waals surface area contributed by atoms with E-state index < -0.39 is 0 Å². The van der Waals surface area contributed by atoms with E-state index in [1.54, 1.807) is 0 Å². The predicted molar refractivity (Wildman–Crippen MR) is 106 cm³/mol. The average molecular weight is 439 g/mol. The van der Waals surface area contributed by atoms with Crippen LogP contribution in [-0.4, -0.2) is 42.1 Å². The number of hydrogen-bond donors (Lipinski definition) is 1. The van der Waals surface area contributed by atoms with Crippen LogP contribution in [0.1, 0.15) is 66.2 Å². The smallest absolute Gasteiger partial charge is 0.306 e. The molecule has 0 saturated carbocycles. The molecule has 136 valence electrons. The summed E-state index contributed by atoms with van der Waals surface area (Å²) >= 11 is 0. The number of guanidine groups is 1. The molecule has 1 saturated heterocycles. The summed E-state index contributed by atoms with van der Waals surface area (Å²) in [6.07, 6.45) is 5.69. The Morgan fingerprint density at radius 1 is 1.22 bits per heavy atom. The van der Waals surface area contributed by atoms with Crippen LogP contribution in [0.3, 0.4) is 0 Å². The summed E-state index contributed by atoms with van der Waals surface area (Å²) in [6, 6.07) is 0. The van der Waals surface area contributed by atoms with Crippen LogP contribution in [-0.2, 0) is 9.53 Å². The number of rotatable bonds is 6. The topological polar surface area (TPSA) is 67.9 Å². The molecule has 0 amide bonds. The lowest BCUT2D eigenvalue weighted by Gasteiger charge is -2.31. The fraction of sp³-hybridized carbons (Fsp3) is 0.882. The first-order chi connectivity index (χ1) is 10.3. The van der Waals surface area contributed by atoms with Gasteiger partial charge in [0.15, 0.2) is 5.96 Å². The van der Waals surface area contributed by atoms with E-state index in [9.17, 15) is 4.79 Å². The van der Waals surface area contributed by atoms with Gasteiger partial charge in [-0.3, -0.25) is 9.79 Å². The minimum Gasteiger partial charge on any atom is -0.460 e. The molecule has 0 spiro atoms. The maximum atomic E-state index is 11.6. The zero-order chi connectivity index (χ0) is 16.6. The molecule has 1 rings (SSSR count). The van der Waals surface area contributed by atoms with Gasteiger partial charge < -0.3 is 15.4 Å². The van der Waals surface area contributed by atoms with Crippen molar-refractivity contribution in [1.29, 1.82) is 0 Å². The van der Waals surface area contributed by atoms with Gasteiger partial charge in [0.05, 0.1) is 0 Å². The Labute approximate surface area is 158 Å². The highest BCUT2D eigenvalue weighted by molar-refractivity contribution is 14.0. The van der Waals surface area contributed by atoms with Crippen LogP contribution >= 0.6 is 24.0 Å². The first-order valence-corrected chi connectivity index (χ1v) is 8.54. The van der Waals surface area contributed by atoms with Gasteiger partial charge in [-0.05, 0) is 52.4 Å². The zero-order valence-corrected chi connectivity index (χ0v) is 17.5. The third-order valence-corrected chi connectivity index (χ3v) is 3.84. The minimum absolute atomic E-state index is 0. The second-order valence-electron chi connectivity index (χ2n) is 7.31. The molecule has 0 aromatic heterocycles. The molecule has 5 nitrogen and oxygen atoms in total. The third kappa shape index (κ3) is 10.8. The van der Waals surface area contributed by atoms with Crippen LogP contribution in [0.15, 0.2) is 4.99 Å². The number of likely N-dealkylation sites (tertiary alicyclic amines) is 1. The molecule has 0 aromatic rings. The molecule has 0 radical (unpaired) electrons. The Morgan fingerprint density at radius 2 is 1.83 bits per heavy atom. The number of unbranched alkanes of at least 4 members (excludes halogenated alkanes) is 2. The Bertz CT molecular complexity index is 373. The van der Waals surface area contributed by atoms with Crippen LogP contribution in [0.25, 0.3) is 0 Å². The van der Waals surface area contributed by atoms with Gasteiger partial charge in [0.1, 0.15) is 5.60 Å². The van der Waals surface area contributed by atoms with Crippen LogP contribution in [0.2, 0.25) is 0 Å². The van der Waals surface area contributed by atoms with Crippen molar-refractivity contribution >= 4 is 35.9 Å². The van der Waals surface area contributed by atoms with Crippen molar-refractivity contribution < 1.29 is 9.53 Å². The van der Waals surface area contributed by atoms with Gasteiger partial charge in [-0.1, -0.05) is 13.3 Å². The number of esters is 1. The van der Waals surface area contributed by atoms with E-state index in [0.29, 0.717) is 12.4 Å². The highest BCUT2D eigenvalue weighted by atomic mass is 127. The van der Waals surface area contributed by atoms with Gasteiger partial charge in [0.25, 0.3) is 0 Å². The summed E-state index contributed by atoms with van der Waals surface area (Å²) in [5.41, 5.74) is 5.64. The Hall–Kier alpha value is -0.530. The van der Waals surface area contributed by atoms with Crippen LogP contribution < -0.4 is 5.73 Å². The van der Waals surface area contributed by atoms with Crippen molar-refractivity contribution in [3.8, 4) is 0 Å². The summed E-state index contributed by atoms with van der Waals surface area (Å²) in [5.74, 6) is 1.37. The van der Waals surface area contributed by atoms with E-state index in [1.165, 1.54) is 12.8 Å². The van der Waals surface area contributed by atoms with Gasteiger partial charge in [0, 0.05) is 26.1 Å². The second-order valence-corrected chi connectivity index (χ2v) is 7.31. The molecule has 1 aliphatic rings. The molecular formula is C17H34IN3O2. The van der Waals surface area contributed by atoms with Crippen molar-refractivity contribution in [3.63, 3.8) is 0 Å². The van der Waals surface area contributed by atoms with E-state index >= 15 is 0 Å². The summed E-state index contributed by atoms with van der Waals surface area (Å²) < 4.78 is 5.28. The van der Waals surface area contributed by atoms with Gasteiger partial charge >= 0.3 is 5.97 Å². The average Bonchev–Trinajstić information content (AvgIpc) is 2.41. The fourth-order valence-corrected chi connectivity index (χ4v) is 2.48. The SMILES string of the molecule is CC1CCN(C(N)=NCCCCCC(=O)OC(C)(C)C)CC1.I. The lowest BCUT2D eigenvalue weighted by Crippen LogP contribution is -2.42. The van der Waals surface area contributed by atoms with E-state index in [0.717, 1.165) is 44.8 Å². The molecule has 2 N–H and O–H groups in total. The fourth-order valence-electron chi connectivity index (χ4n) is 2.48. The number of piperidine rings is 1. The summed E-state index contributed by atoms with van der Waals surface area (Å²) in [4.78, 5) is 18.2. The number of carbonyl (C=O) groups is 1. The van der Waals surface area contributed by atoms with E-state index in [2.05, 4.69) is 16.8 Å². The third-order valence-electron chi connectivity index (χ3n) is 3.84. The monoisotopic (exact) mass is 439 g/mol. The van der Waals surface area contributed by atoms with Crippen molar-refractivity contribution in [2.24, 2.45) is 16.6 Å². The lowest BCUT2D eigenvalue weighted by atomic mass is 10.00. The standard InChI is InChI=1S/C17H33N3O2.HI/c1-14-9-12-20(13-10-14)16(18)19-11-7-5-6-8-15(21)22-17(2,3)4;/h14H,5-13H2,1-4H3,(H2,18,19);1H. The largest absolute Gasteiger partial charge is 0.460 e. The van der Waals surface area contributed by atoms with E-state index in [4.69, 9.17) is 10.5 Å². The van der Waals surface area contributed by atoms with Crippen molar-refractivity contribution in [3.05, 3.63) is 0 Å². The molecule has 1 fully saturated rings. The molecule has 6 heteroatoms. The van der Waals surface area contributed by atoms with E-state index in [1.807, 2.05) is 20.8 Å². The highest BCUT2D eigenvalue weighted by Crippen LogP contribution is 2.15. The number of aliphatic imine (C=N–C) groups is 1. The van der Waals surface area contributed by atoms with Gasteiger partial charge in [-0.25, -0.2) is 0 Å². The Morgan fingerprint density at radius 3 is 2.39 bits per heavy atom. The maximum Gasteiger partial charge on any atom is 0.306 e. The lowest BCUT2D eigenvalue weighted by molar-refractivity contribution is -0.154. The number of ether oxygens (including phenoxy) is 1. The second kappa shape index (κ2) is 11.1. The summed E-state index contributed by atoms with van der Waals surface area (Å²) in [6.45, 7) is 10.8. The molecule has 23 heavy (non-hydrogen) atoms. The number of nitrogens with zero attached hydrogens (tertiary/aromatic N) is 2. The molecular weight excluding hydrogens is 405 g/mol. The first kappa shape index (κ1) is 22.5. The predicted octanol–water partition coefficient (Wildman–Crippen LogP) is 3.55. The van der Waals surface area contributed by atoms with E-state index in [-0.39, 0.29) is 35.5 Å². The van der Waals surface area contributed by atoms with Crippen LogP contribution in [0, 0.1) is 5.92 Å². The van der Waals surface area contributed by atoms with Crippen molar-refractivity contribution in [1.82, 2.24) is 4.90 Å². The maximum absolute atomic E-state index is 11.6. The van der Waals surface area contributed by atoms with Crippen LogP contribution in [0.4, 0.5) is 0 Å². The van der Waals surface area contributed by atoms with Gasteiger partial charge in [-0.15, -0.1) is 24.0 Å². The van der Waals surface area contributed by atoms with Crippen LogP contribution in [0.5, 0.6) is 0 Å². The number of halogens is 1. The minimum atomic E-state index is -0.387. The Balaban J connectivity index is 0.00000484. The first-order valence-electron chi connectivity index (χ1n) is 8.54. The number of nitrogens with two attached hydrogens (primary N) is 1.